The van der Waals surface area contributed by atoms with Crippen LogP contribution in [0.15, 0.2) is 43.1 Å². The van der Waals surface area contributed by atoms with Gasteiger partial charge < -0.3 is 19.5 Å². The maximum absolute atomic E-state index is 12.4. The quantitative estimate of drug-likeness (QED) is 0.852. The van der Waals surface area contributed by atoms with Crippen molar-refractivity contribution < 1.29 is 9.90 Å². The highest BCUT2D eigenvalue weighted by atomic mass is 16.3. The molecular formula is C18H25N5O2. The Bertz CT molecular complexity index is 676. The summed E-state index contributed by atoms with van der Waals surface area (Å²) in [6.45, 7) is 2.29. The summed E-state index contributed by atoms with van der Waals surface area (Å²) in [6.07, 6.45) is 8.96. The molecular weight excluding hydrogens is 318 g/mol. The van der Waals surface area contributed by atoms with E-state index in [4.69, 9.17) is 0 Å². The van der Waals surface area contributed by atoms with Crippen molar-refractivity contribution >= 4 is 11.7 Å². The zero-order valence-corrected chi connectivity index (χ0v) is 14.6. The van der Waals surface area contributed by atoms with Gasteiger partial charge in [0.05, 0.1) is 18.5 Å². The lowest BCUT2D eigenvalue weighted by Gasteiger charge is -2.41. The Morgan fingerprint density at radius 1 is 1.40 bits per heavy atom. The first-order valence-corrected chi connectivity index (χ1v) is 8.64. The van der Waals surface area contributed by atoms with Crippen LogP contribution in [-0.4, -0.2) is 62.7 Å². The summed E-state index contributed by atoms with van der Waals surface area (Å²) in [5, 5.41) is 11.0. The average Bonchev–Trinajstić information content (AvgIpc) is 3.13. The molecule has 25 heavy (non-hydrogen) atoms. The fraction of sp³-hybridized carbons (Fsp3) is 0.500. The summed E-state index contributed by atoms with van der Waals surface area (Å²) in [6, 6.07) is 5.78. The zero-order chi connectivity index (χ0) is 17.7. The fourth-order valence-corrected chi connectivity index (χ4v) is 3.34. The van der Waals surface area contributed by atoms with Crippen LogP contribution < -0.4 is 4.90 Å². The molecule has 3 rings (SSSR count). The highest BCUT2D eigenvalue weighted by molar-refractivity contribution is 5.75. The van der Waals surface area contributed by atoms with Crippen LogP contribution in [0.25, 0.3) is 0 Å². The van der Waals surface area contributed by atoms with Gasteiger partial charge in [0.2, 0.25) is 5.91 Å². The molecule has 0 bridgehead atoms. The lowest BCUT2D eigenvalue weighted by atomic mass is 9.92. The van der Waals surface area contributed by atoms with Crippen molar-refractivity contribution in [3.63, 3.8) is 0 Å². The molecule has 0 radical (unpaired) electrons. The molecule has 1 fully saturated rings. The number of rotatable bonds is 6. The van der Waals surface area contributed by atoms with E-state index in [2.05, 4.69) is 14.9 Å². The van der Waals surface area contributed by atoms with E-state index in [-0.39, 0.29) is 5.91 Å². The van der Waals surface area contributed by atoms with Gasteiger partial charge in [-0.25, -0.2) is 9.97 Å². The number of aryl methyl sites for hydroxylation is 1. The minimum absolute atomic E-state index is 0.0251. The van der Waals surface area contributed by atoms with Crippen LogP contribution in [0.1, 0.15) is 19.3 Å². The SMILES string of the molecule is CN(C[C@@]1(O)CCCN(c2ccccn2)C1)C(=O)CCn1ccnc1. The Hall–Kier alpha value is -2.41. The maximum atomic E-state index is 12.4. The smallest absolute Gasteiger partial charge is 0.224 e. The summed E-state index contributed by atoms with van der Waals surface area (Å²) >= 11 is 0. The first-order valence-electron chi connectivity index (χ1n) is 8.64. The highest BCUT2D eigenvalue weighted by Crippen LogP contribution is 2.25. The Morgan fingerprint density at radius 3 is 3.00 bits per heavy atom. The summed E-state index contributed by atoms with van der Waals surface area (Å²) in [5.41, 5.74) is -0.908. The number of aromatic nitrogens is 3. The third kappa shape index (κ3) is 4.57. The van der Waals surface area contributed by atoms with Crippen LogP contribution in [-0.2, 0) is 11.3 Å². The van der Waals surface area contributed by atoms with Crippen molar-refractivity contribution in [1.82, 2.24) is 19.4 Å². The van der Waals surface area contributed by atoms with Crippen LogP contribution in [0.3, 0.4) is 0 Å². The molecule has 134 valence electrons. The standard InChI is InChI=1S/C18H25N5O2/c1-21(17(24)6-11-22-12-9-19-15-22)13-18(25)7-4-10-23(14-18)16-5-2-3-8-20-16/h2-3,5,8-9,12,15,25H,4,6-7,10-11,13-14H2,1H3/t18-/m0/s1. The number of piperidine rings is 1. The van der Waals surface area contributed by atoms with E-state index < -0.39 is 5.60 Å². The predicted octanol–water partition coefficient (Wildman–Crippen LogP) is 1.16. The average molecular weight is 343 g/mol. The zero-order valence-electron chi connectivity index (χ0n) is 14.6. The Kier molecular flexibility index (Phi) is 5.33. The van der Waals surface area contributed by atoms with Crippen LogP contribution >= 0.6 is 0 Å². The van der Waals surface area contributed by atoms with Crippen molar-refractivity contribution in [3.8, 4) is 0 Å². The molecule has 0 unspecified atom stereocenters. The number of likely N-dealkylation sites (N-methyl/N-ethyl adjacent to an activating group) is 1. The molecule has 7 heteroatoms. The second kappa shape index (κ2) is 7.65. The molecule has 1 aliphatic heterocycles. The number of aliphatic hydroxyl groups is 1. The Labute approximate surface area is 147 Å². The normalized spacial score (nSPS) is 20.5. The van der Waals surface area contributed by atoms with E-state index >= 15 is 0 Å². The van der Waals surface area contributed by atoms with Gasteiger partial charge in [-0.2, -0.15) is 0 Å². The minimum Gasteiger partial charge on any atom is -0.386 e. The summed E-state index contributed by atoms with van der Waals surface area (Å²) < 4.78 is 1.88. The Balaban J connectivity index is 1.55. The number of hydrogen-bond donors (Lipinski definition) is 1. The second-order valence-corrected chi connectivity index (χ2v) is 6.74. The molecule has 1 N–H and O–H groups in total. The lowest BCUT2D eigenvalue weighted by molar-refractivity contribution is -0.133. The van der Waals surface area contributed by atoms with Crippen LogP contribution in [0.5, 0.6) is 0 Å². The van der Waals surface area contributed by atoms with E-state index in [1.807, 2.05) is 29.0 Å². The van der Waals surface area contributed by atoms with Crippen molar-refractivity contribution in [2.45, 2.75) is 31.4 Å². The fourth-order valence-electron chi connectivity index (χ4n) is 3.34. The van der Waals surface area contributed by atoms with Crippen molar-refractivity contribution in [2.24, 2.45) is 0 Å². The molecule has 1 amide bonds. The van der Waals surface area contributed by atoms with E-state index in [0.29, 0.717) is 32.5 Å². The lowest BCUT2D eigenvalue weighted by Crippen LogP contribution is -2.54. The van der Waals surface area contributed by atoms with E-state index in [9.17, 15) is 9.90 Å². The maximum Gasteiger partial charge on any atom is 0.224 e. The second-order valence-electron chi connectivity index (χ2n) is 6.74. The highest BCUT2D eigenvalue weighted by Gasteiger charge is 2.35. The van der Waals surface area contributed by atoms with Gasteiger partial charge in [0.15, 0.2) is 0 Å². The van der Waals surface area contributed by atoms with Gasteiger partial charge in [0.25, 0.3) is 0 Å². The third-order valence-corrected chi connectivity index (χ3v) is 4.63. The number of amides is 1. The van der Waals surface area contributed by atoms with Gasteiger partial charge in [0.1, 0.15) is 5.82 Å². The number of nitrogens with zero attached hydrogens (tertiary/aromatic N) is 5. The van der Waals surface area contributed by atoms with Crippen LogP contribution in [0.4, 0.5) is 5.82 Å². The first kappa shape index (κ1) is 17.4. The summed E-state index contributed by atoms with van der Waals surface area (Å²) in [7, 11) is 1.76. The van der Waals surface area contributed by atoms with Crippen molar-refractivity contribution in [1.29, 1.82) is 0 Å². The number of anilines is 1. The molecule has 0 spiro atoms. The summed E-state index contributed by atoms with van der Waals surface area (Å²) in [5.74, 6) is 0.895. The van der Waals surface area contributed by atoms with E-state index in [1.165, 1.54) is 0 Å². The third-order valence-electron chi connectivity index (χ3n) is 4.63. The number of β-amino-alcohol motifs (C(OH)–C–C–N with tert-alkyl or cyclic N) is 1. The van der Waals surface area contributed by atoms with Gasteiger partial charge in [-0.3, -0.25) is 4.79 Å². The number of hydrogen-bond acceptors (Lipinski definition) is 5. The number of pyridine rings is 1. The molecule has 1 aliphatic rings. The van der Waals surface area contributed by atoms with Gasteiger partial charge in [-0.05, 0) is 25.0 Å². The van der Waals surface area contributed by atoms with Gasteiger partial charge in [0, 0.05) is 51.7 Å². The van der Waals surface area contributed by atoms with Crippen molar-refractivity contribution in [3.05, 3.63) is 43.1 Å². The monoisotopic (exact) mass is 343 g/mol. The van der Waals surface area contributed by atoms with Crippen LogP contribution in [0, 0.1) is 0 Å². The number of imidazole rings is 1. The molecule has 0 aromatic carbocycles. The van der Waals surface area contributed by atoms with Gasteiger partial charge in [-0.15, -0.1) is 0 Å². The Morgan fingerprint density at radius 2 is 2.28 bits per heavy atom. The predicted molar refractivity (Wildman–Crippen MR) is 95.1 cm³/mol. The molecule has 3 heterocycles. The number of carbonyl (C=O) groups excluding carboxylic acids is 1. The molecule has 2 aromatic rings. The molecule has 1 saturated heterocycles. The minimum atomic E-state index is -0.908. The van der Waals surface area contributed by atoms with Gasteiger partial charge in [-0.1, -0.05) is 6.07 Å². The van der Waals surface area contributed by atoms with Gasteiger partial charge >= 0.3 is 0 Å². The molecule has 0 aliphatic carbocycles. The molecule has 0 saturated carbocycles. The van der Waals surface area contributed by atoms with Crippen LogP contribution in [0.2, 0.25) is 0 Å². The van der Waals surface area contributed by atoms with E-state index in [0.717, 1.165) is 18.8 Å². The topological polar surface area (TPSA) is 74.5 Å². The number of carbonyl (C=O) groups is 1. The van der Waals surface area contributed by atoms with Crippen molar-refractivity contribution in [2.75, 3.05) is 31.6 Å². The molecule has 1 atom stereocenters. The molecule has 7 nitrogen and oxygen atoms in total. The van der Waals surface area contributed by atoms with E-state index in [1.54, 1.807) is 30.7 Å². The molecule has 2 aromatic heterocycles. The largest absolute Gasteiger partial charge is 0.386 e. The summed E-state index contributed by atoms with van der Waals surface area (Å²) in [4.78, 5) is 24.4. The first-order chi connectivity index (χ1) is 12.1.